The van der Waals surface area contributed by atoms with Gasteiger partial charge in [0.1, 0.15) is 10.4 Å². The molecule has 0 saturated heterocycles. The lowest BCUT2D eigenvalue weighted by Gasteiger charge is -2.08. The molecule has 2 aromatic heterocycles. The summed E-state index contributed by atoms with van der Waals surface area (Å²) in [6, 6.07) is 7.92. The van der Waals surface area contributed by atoms with Crippen molar-refractivity contribution in [3.8, 4) is 5.75 Å². The van der Waals surface area contributed by atoms with Crippen LogP contribution in [0.5, 0.6) is 5.75 Å². The van der Waals surface area contributed by atoms with Crippen LogP contribution in [-0.4, -0.2) is 21.5 Å². The summed E-state index contributed by atoms with van der Waals surface area (Å²) in [5.41, 5.74) is 1.96. The molecule has 5 nitrogen and oxygen atoms in total. The van der Waals surface area contributed by atoms with Gasteiger partial charge >= 0.3 is 0 Å². The van der Waals surface area contributed by atoms with Crippen LogP contribution in [0.25, 0.3) is 5.65 Å². The third-order valence-corrected chi connectivity index (χ3v) is 3.35. The number of methoxy groups -OCH3 is 1. The summed E-state index contributed by atoms with van der Waals surface area (Å²) in [5.74, 6) is 1.60. The van der Waals surface area contributed by atoms with Gasteiger partial charge in [0.15, 0.2) is 11.5 Å². The van der Waals surface area contributed by atoms with E-state index in [0.29, 0.717) is 6.54 Å². The van der Waals surface area contributed by atoms with Crippen molar-refractivity contribution in [2.24, 2.45) is 0 Å². The Morgan fingerprint density at radius 3 is 2.85 bits per heavy atom. The van der Waals surface area contributed by atoms with Crippen LogP contribution in [0.3, 0.4) is 0 Å². The summed E-state index contributed by atoms with van der Waals surface area (Å²) in [4.78, 5) is 8.72. The van der Waals surface area contributed by atoms with Gasteiger partial charge in [-0.25, -0.2) is 9.97 Å². The number of halogens is 1. The molecular weight excluding hydrogens is 320 g/mol. The van der Waals surface area contributed by atoms with Crippen molar-refractivity contribution >= 4 is 27.4 Å². The zero-order valence-electron chi connectivity index (χ0n) is 10.9. The van der Waals surface area contributed by atoms with Crippen molar-refractivity contribution in [2.75, 3.05) is 12.4 Å². The van der Waals surface area contributed by atoms with E-state index in [1.54, 1.807) is 13.3 Å². The van der Waals surface area contributed by atoms with E-state index < -0.39 is 0 Å². The van der Waals surface area contributed by atoms with Crippen molar-refractivity contribution in [3.05, 3.63) is 53.0 Å². The van der Waals surface area contributed by atoms with Crippen LogP contribution in [0, 0.1) is 0 Å². The highest BCUT2D eigenvalue weighted by Gasteiger charge is 2.06. The quantitative estimate of drug-likeness (QED) is 0.797. The van der Waals surface area contributed by atoms with E-state index in [2.05, 4.69) is 31.2 Å². The van der Waals surface area contributed by atoms with Gasteiger partial charge in [-0.2, -0.15) is 0 Å². The molecule has 0 saturated carbocycles. The van der Waals surface area contributed by atoms with E-state index in [-0.39, 0.29) is 0 Å². The van der Waals surface area contributed by atoms with Gasteiger partial charge in [-0.05, 0) is 33.6 Å². The Balaban J connectivity index is 1.80. The van der Waals surface area contributed by atoms with Crippen LogP contribution >= 0.6 is 15.9 Å². The number of hydrogen-bond donors (Lipinski definition) is 1. The van der Waals surface area contributed by atoms with Gasteiger partial charge in [-0.1, -0.05) is 12.1 Å². The first-order chi connectivity index (χ1) is 9.76. The Morgan fingerprint density at radius 2 is 2.10 bits per heavy atom. The van der Waals surface area contributed by atoms with Gasteiger partial charge in [0.05, 0.1) is 7.11 Å². The molecule has 3 rings (SSSR count). The molecule has 6 heteroatoms. The van der Waals surface area contributed by atoms with Crippen LogP contribution in [0.2, 0.25) is 0 Å². The third-order valence-electron chi connectivity index (χ3n) is 2.96. The maximum atomic E-state index is 5.14. The Bertz CT molecular complexity index is 724. The van der Waals surface area contributed by atoms with E-state index in [4.69, 9.17) is 4.74 Å². The Labute approximate surface area is 124 Å². The molecule has 0 radical (unpaired) electrons. The average molecular weight is 333 g/mol. The van der Waals surface area contributed by atoms with Gasteiger partial charge in [0, 0.05) is 25.1 Å². The lowest BCUT2D eigenvalue weighted by molar-refractivity contribution is 0.414. The summed E-state index contributed by atoms with van der Waals surface area (Å²) in [6.45, 7) is 0.677. The first kappa shape index (κ1) is 12.9. The molecule has 0 aliphatic carbocycles. The molecule has 0 bridgehead atoms. The molecule has 2 heterocycles. The molecule has 1 aromatic carbocycles. The second-order valence-corrected chi connectivity index (χ2v) is 5.08. The molecule has 0 unspecified atom stereocenters. The highest BCUT2D eigenvalue weighted by molar-refractivity contribution is 9.10. The predicted octanol–water partition coefficient (Wildman–Crippen LogP) is 3.11. The first-order valence-electron chi connectivity index (χ1n) is 6.12. The number of hydrogen-bond acceptors (Lipinski definition) is 4. The fourth-order valence-corrected chi connectivity index (χ4v) is 2.35. The third kappa shape index (κ3) is 2.60. The second kappa shape index (κ2) is 5.50. The van der Waals surface area contributed by atoms with Gasteiger partial charge in [0.25, 0.3) is 0 Å². The average Bonchev–Trinajstić information content (AvgIpc) is 2.93. The van der Waals surface area contributed by atoms with Crippen molar-refractivity contribution in [3.63, 3.8) is 0 Å². The van der Waals surface area contributed by atoms with Crippen molar-refractivity contribution in [1.29, 1.82) is 0 Å². The second-order valence-electron chi connectivity index (χ2n) is 4.27. The molecule has 102 valence electrons. The Hall–Kier alpha value is -2.08. The fraction of sp³-hybridized carbons (Fsp3) is 0.143. The summed E-state index contributed by atoms with van der Waals surface area (Å²) >= 11 is 3.40. The van der Waals surface area contributed by atoms with E-state index >= 15 is 0 Å². The predicted molar refractivity (Wildman–Crippen MR) is 81.0 cm³/mol. The van der Waals surface area contributed by atoms with Crippen LogP contribution in [0.4, 0.5) is 5.82 Å². The molecule has 20 heavy (non-hydrogen) atoms. The molecule has 3 aromatic rings. The standard InChI is InChI=1S/C14H13BrN4O/c1-20-11-4-2-10(3-5-11)8-17-13-14-16-6-7-19(14)9-12(15)18-13/h2-7,9H,8H2,1H3,(H,17,18). The number of ether oxygens (including phenoxy) is 1. The van der Waals surface area contributed by atoms with Crippen molar-refractivity contribution < 1.29 is 4.74 Å². The lowest BCUT2D eigenvalue weighted by Crippen LogP contribution is -2.04. The first-order valence-corrected chi connectivity index (χ1v) is 6.91. The van der Waals surface area contributed by atoms with Gasteiger partial charge in [-0.15, -0.1) is 0 Å². The summed E-state index contributed by atoms with van der Waals surface area (Å²) in [5, 5.41) is 3.30. The number of aromatic nitrogens is 3. The Morgan fingerprint density at radius 1 is 1.30 bits per heavy atom. The molecular formula is C14H13BrN4O. The normalized spacial score (nSPS) is 10.7. The maximum Gasteiger partial charge on any atom is 0.180 e. The summed E-state index contributed by atoms with van der Waals surface area (Å²) in [7, 11) is 1.66. The number of imidazole rings is 1. The van der Waals surface area contributed by atoms with Crippen LogP contribution in [-0.2, 0) is 6.54 Å². The number of nitrogens with zero attached hydrogens (tertiary/aromatic N) is 3. The maximum absolute atomic E-state index is 5.14. The molecule has 0 amide bonds. The minimum absolute atomic E-state index is 0.677. The minimum Gasteiger partial charge on any atom is -0.497 e. The molecule has 0 spiro atoms. The van der Waals surface area contributed by atoms with Gasteiger partial charge < -0.3 is 14.5 Å². The molecule has 0 fully saturated rings. The highest BCUT2D eigenvalue weighted by Crippen LogP contribution is 2.18. The monoisotopic (exact) mass is 332 g/mol. The minimum atomic E-state index is 0.677. The van der Waals surface area contributed by atoms with E-state index in [9.17, 15) is 0 Å². The molecule has 1 N–H and O–H groups in total. The zero-order valence-corrected chi connectivity index (χ0v) is 12.5. The highest BCUT2D eigenvalue weighted by atomic mass is 79.9. The van der Waals surface area contributed by atoms with E-state index in [0.717, 1.165) is 27.4 Å². The van der Waals surface area contributed by atoms with E-state index in [1.165, 1.54) is 0 Å². The number of nitrogens with one attached hydrogen (secondary N) is 1. The molecule has 0 atom stereocenters. The SMILES string of the molecule is COc1ccc(CNc2nc(Br)cn3ccnc23)cc1. The number of benzene rings is 1. The topological polar surface area (TPSA) is 51.5 Å². The van der Waals surface area contributed by atoms with Crippen LogP contribution < -0.4 is 10.1 Å². The molecule has 0 aliphatic rings. The molecule has 0 aliphatic heterocycles. The largest absolute Gasteiger partial charge is 0.497 e. The number of rotatable bonds is 4. The zero-order chi connectivity index (χ0) is 13.9. The number of anilines is 1. The van der Waals surface area contributed by atoms with Gasteiger partial charge in [0.2, 0.25) is 0 Å². The fourth-order valence-electron chi connectivity index (χ4n) is 1.95. The van der Waals surface area contributed by atoms with Crippen LogP contribution in [0.15, 0.2) is 47.5 Å². The van der Waals surface area contributed by atoms with Gasteiger partial charge in [-0.3, -0.25) is 0 Å². The van der Waals surface area contributed by atoms with Crippen molar-refractivity contribution in [2.45, 2.75) is 6.54 Å². The Kier molecular flexibility index (Phi) is 3.56. The van der Waals surface area contributed by atoms with Crippen LogP contribution in [0.1, 0.15) is 5.56 Å². The summed E-state index contributed by atoms with van der Waals surface area (Å²) in [6.07, 6.45) is 5.52. The van der Waals surface area contributed by atoms with Crippen molar-refractivity contribution in [1.82, 2.24) is 14.4 Å². The lowest BCUT2D eigenvalue weighted by atomic mass is 10.2. The smallest absolute Gasteiger partial charge is 0.180 e. The number of fused-ring (bicyclic) bond motifs is 1. The van der Waals surface area contributed by atoms with E-state index in [1.807, 2.05) is 41.1 Å². The summed E-state index contributed by atoms with van der Waals surface area (Å²) < 4.78 is 7.83.